The Labute approximate surface area is 308 Å². The second-order valence-corrected chi connectivity index (χ2v) is 28.5. The van der Waals surface area contributed by atoms with Crippen LogP contribution in [0.15, 0.2) is 11.9 Å². The Morgan fingerprint density at radius 3 is 2.08 bits per heavy atom. The van der Waals surface area contributed by atoms with Crippen molar-refractivity contribution >= 4 is 31.1 Å². The zero-order valence-corrected chi connectivity index (χ0v) is 34.4. The summed E-state index contributed by atoms with van der Waals surface area (Å²) in [7, 11) is -6.00. The van der Waals surface area contributed by atoms with Crippen molar-refractivity contribution in [1.29, 1.82) is 0 Å². The van der Waals surface area contributed by atoms with Crippen LogP contribution in [-0.2, 0) is 32.0 Å². The maximum absolute atomic E-state index is 12.8. The van der Waals surface area contributed by atoms with Gasteiger partial charge in [-0.05, 0) is 58.3 Å². The predicted molar refractivity (Wildman–Crippen MR) is 192 cm³/mol. The monoisotopic (exact) mass is 802 g/mol. The molecule has 0 bridgehead atoms. The average Bonchev–Trinajstić information content (AvgIpc) is 3.46. The zero-order valence-electron chi connectivity index (χ0n) is 31.4. The van der Waals surface area contributed by atoms with Crippen LogP contribution in [0.25, 0.3) is 0 Å². The molecule has 3 aliphatic heterocycles. The first-order valence-electron chi connectivity index (χ1n) is 17.6. The fourth-order valence-corrected chi connectivity index (χ4v) is 18.9. The number of carbonyl (C=O) groups is 1. The van der Waals surface area contributed by atoms with Gasteiger partial charge in [-0.1, -0.05) is 0 Å². The predicted octanol–water partition coefficient (Wildman–Crippen LogP) is -2.83. The van der Waals surface area contributed by atoms with Crippen LogP contribution >= 0.6 is 0 Å². The first kappa shape index (κ1) is 45.3. The molecular weight excluding hydrogens is 741 g/mol. The molecule has 3 aliphatic rings. The molecule has 2 saturated heterocycles. The first-order chi connectivity index (χ1) is 24.1. The van der Waals surface area contributed by atoms with Crippen molar-refractivity contribution in [3.63, 3.8) is 0 Å². The summed E-state index contributed by atoms with van der Waals surface area (Å²) in [6.45, 7) is 15.3. The van der Waals surface area contributed by atoms with Gasteiger partial charge in [0, 0.05) is 19.7 Å². The van der Waals surface area contributed by atoms with Crippen LogP contribution in [0.2, 0.25) is 51.9 Å². The molecule has 0 radical (unpaired) electrons. The molecule has 3 heterocycles. The van der Waals surface area contributed by atoms with Gasteiger partial charge in [0.2, 0.25) is 5.91 Å². The quantitative estimate of drug-likeness (QED) is 0.0466. The van der Waals surface area contributed by atoms with E-state index in [1.54, 1.807) is 11.2 Å². The van der Waals surface area contributed by atoms with E-state index < -0.39 is 112 Å². The smallest absolute Gasteiger partial charge is 0.314 e. The molecule has 2 fully saturated rings. The van der Waals surface area contributed by atoms with Crippen molar-refractivity contribution in [3.05, 3.63) is 11.9 Å². The molecule has 0 aromatic carbocycles. The van der Waals surface area contributed by atoms with Crippen LogP contribution in [0.1, 0.15) is 13.3 Å². The number of hydrazine groups is 2. The van der Waals surface area contributed by atoms with E-state index in [2.05, 4.69) is 56.8 Å². The highest BCUT2D eigenvalue weighted by Gasteiger charge is 2.52. The number of ether oxygens (including phenoxy) is 4. The fourth-order valence-electron chi connectivity index (χ4n) is 6.38. The summed E-state index contributed by atoms with van der Waals surface area (Å²) < 4.78 is 35.6. The van der Waals surface area contributed by atoms with Crippen LogP contribution in [0.3, 0.4) is 0 Å². The molecule has 0 aromatic rings. The molecule has 3 rings (SSSR count). The molecule has 0 aliphatic carbocycles. The van der Waals surface area contributed by atoms with Crippen molar-refractivity contribution in [2.24, 2.45) is 0 Å². The Kier molecular flexibility index (Phi) is 16.7. The number of aliphatic hydroxyl groups is 8. The molecule has 0 saturated carbocycles. The van der Waals surface area contributed by atoms with E-state index in [0.29, 0.717) is 12.3 Å². The maximum Gasteiger partial charge on any atom is 0.314 e. The highest BCUT2D eigenvalue weighted by molar-refractivity contribution is 6.87. The minimum absolute atomic E-state index is 0.0812. The molecule has 304 valence electrons. The Hall–Kier alpha value is -1.14. The molecule has 0 aromatic heterocycles. The van der Waals surface area contributed by atoms with Gasteiger partial charge in [0.15, 0.2) is 29.2 Å². The van der Waals surface area contributed by atoms with Gasteiger partial charge in [0.1, 0.15) is 48.8 Å². The van der Waals surface area contributed by atoms with Crippen LogP contribution in [0, 0.1) is 0 Å². The van der Waals surface area contributed by atoms with Crippen molar-refractivity contribution in [2.45, 2.75) is 133 Å². The summed E-state index contributed by atoms with van der Waals surface area (Å²) in [5.41, 5.74) is 6.21. The lowest BCUT2D eigenvalue weighted by molar-refractivity contribution is -0.347. The van der Waals surface area contributed by atoms with Gasteiger partial charge < -0.3 is 78.4 Å². The summed E-state index contributed by atoms with van der Waals surface area (Å²) in [4.78, 5) is 13.9. The third-order valence-electron chi connectivity index (χ3n) is 8.38. The van der Waals surface area contributed by atoms with E-state index in [-0.39, 0.29) is 19.7 Å². The lowest BCUT2D eigenvalue weighted by atomic mass is 9.96. The first-order valence-corrected chi connectivity index (χ1v) is 26.9. The normalized spacial score (nSPS) is 32.4. The number of nitrogens with zero attached hydrogens (tertiary/aromatic N) is 2. The SMILES string of the molecule is CC(=O)N(CC1=CN(CC(O)COCCC[Si](C)(O[Si](C)(C)C)O[Si](C)(C)C)NN1)[C@@H]1O[C@@H](CO)[C@@H](O[C@@H]2OC(CO)[C@@H](O)[C@H](O)C2O)C(O)C1O. The lowest BCUT2D eigenvalue weighted by Crippen LogP contribution is -2.67. The largest absolute Gasteiger partial charge is 0.437 e. The van der Waals surface area contributed by atoms with Gasteiger partial charge in [-0.25, -0.2) is 0 Å². The summed E-state index contributed by atoms with van der Waals surface area (Å²) in [5, 5.41) is 84.4. The van der Waals surface area contributed by atoms with Crippen molar-refractivity contribution in [1.82, 2.24) is 20.9 Å². The van der Waals surface area contributed by atoms with Gasteiger partial charge in [-0.2, -0.15) is 0 Å². The number of aliphatic hydroxyl groups excluding tert-OH is 8. The van der Waals surface area contributed by atoms with Crippen molar-refractivity contribution < 1.29 is 72.8 Å². The number of hydrogen-bond donors (Lipinski definition) is 10. The second-order valence-electron chi connectivity index (χ2n) is 15.6. The van der Waals surface area contributed by atoms with Gasteiger partial charge >= 0.3 is 8.56 Å². The molecule has 10 N–H and O–H groups in total. The minimum atomic E-state index is -2.38. The maximum atomic E-state index is 12.8. The van der Waals surface area contributed by atoms with E-state index in [9.17, 15) is 45.6 Å². The topological polar surface area (TPSA) is 265 Å². The summed E-state index contributed by atoms with van der Waals surface area (Å²) in [6, 6.07) is 0.787. The van der Waals surface area contributed by atoms with Crippen LogP contribution in [-0.4, -0.2) is 189 Å². The standard InChI is InChI=1S/C30H62N4O15Si3/c1-18(37)34(29-26(42)25(41)28(22(16-36)45-29)47-30-27(43)24(40)23(39)21(15-35)46-30)13-19-12-33(32-31-19)14-20(38)17-44-10-9-11-52(8,48-50(2,3)4)49-51(5,6)7/h12,20-32,35-36,38-43H,9-11,13-17H2,1-8H3/t20?,21?,22-,23+,24-,25?,26?,27?,28+,29+,30-/m0/s1. The van der Waals surface area contributed by atoms with E-state index in [4.69, 9.17) is 27.2 Å². The van der Waals surface area contributed by atoms with Crippen LogP contribution < -0.4 is 11.0 Å². The number of nitrogens with one attached hydrogen (secondary N) is 2. The third kappa shape index (κ3) is 13.0. The van der Waals surface area contributed by atoms with E-state index >= 15 is 0 Å². The Morgan fingerprint density at radius 1 is 0.904 bits per heavy atom. The number of amides is 1. The molecule has 1 amide bonds. The molecular formula is C30H62N4O15Si3. The number of hydrogen-bond acceptors (Lipinski definition) is 18. The number of carbonyl (C=O) groups excluding carboxylic acids is 1. The summed E-state index contributed by atoms with van der Waals surface area (Å²) in [6.07, 6.45) is -14.6. The molecule has 11 atom stereocenters. The number of β-amino-alcohol motifs (C(OH)–C–C–N with tert-alkyl or cyclic N) is 1. The van der Waals surface area contributed by atoms with Gasteiger partial charge in [0.25, 0.3) is 0 Å². The third-order valence-corrected chi connectivity index (χ3v) is 18.0. The summed E-state index contributed by atoms with van der Waals surface area (Å²) >= 11 is 0. The van der Waals surface area contributed by atoms with E-state index in [0.717, 1.165) is 17.4 Å². The Bertz CT molecular complexity index is 1150. The molecule has 0 spiro atoms. The molecule has 5 unspecified atom stereocenters. The van der Waals surface area contributed by atoms with Gasteiger partial charge in [0.05, 0.1) is 44.7 Å². The van der Waals surface area contributed by atoms with Crippen LogP contribution in [0.5, 0.6) is 0 Å². The number of rotatable bonds is 19. The molecule has 52 heavy (non-hydrogen) atoms. The highest BCUT2D eigenvalue weighted by Crippen LogP contribution is 2.31. The molecule has 22 heteroatoms. The van der Waals surface area contributed by atoms with Gasteiger partial charge in [-0.15, -0.1) is 5.53 Å². The van der Waals surface area contributed by atoms with Crippen molar-refractivity contribution in [2.75, 3.05) is 39.5 Å². The van der Waals surface area contributed by atoms with Crippen LogP contribution in [0.4, 0.5) is 0 Å². The lowest BCUT2D eigenvalue weighted by Gasteiger charge is -2.48. The van der Waals surface area contributed by atoms with E-state index in [1.165, 1.54) is 6.92 Å². The Balaban J connectivity index is 1.53. The second kappa shape index (κ2) is 19.1. The van der Waals surface area contributed by atoms with E-state index in [1.807, 2.05) is 0 Å². The average molecular weight is 803 g/mol. The highest BCUT2D eigenvalue weighted by atomic mass is 28.5. The zero-order chi connectivity index (χ0) is 39.2. The molecule has 19 nitrogen and oxygen atoms in total. The Morgan fingerprint density at radius 2 is 1.52 bits per heavy atom. The fraction of sp³-hybridized carbons (Fsp3) is 0.900. The van der Waals surface area contributed by atoms with Gasteiger partial charge in [-0.3, -0.25) is 9.80 Å². The summed E-state index contributed by atoms with van der Waals surface area (Å²) in [5.74, 6) is -0.541. The minimum Gasteiger partial charge on any atom is -0.437 e. The van der Waals surface area contributed by atoms with Crippen molar-refractivity contribution in [3.8, 4) is 0 Å².